The maximum absolute atomic E-state index is 14.3. The number of hydrogen-bond acceptors (Lipinski definition) is 5. The molecule has 2 N–H and O–H groups in total. The monoisotopic (exact) mass is 449 g/mol. The summed E-state index contributed by atoms with van der Waals surface area (Å²) in [4.78, 5) is 20.5. The third-order valence-corrected chi connectivity index (χ3v) is 5.17. The highest BCUT2D eigenvalue weighted by Crippen LogP contribution is 2.37. The van der Waals surface area contributed by atoms with Crippen LogP contribution in [-0.2, 0) is 4.79 Å². The highest BCUT2D eigenvalue weighted by Gasteiger charge is 2.48. The van der Waals surface area contributed by atoms with E-state index in [1.54, 1.807) is 0 Å². The zero-order valence-electron chi connectivity index (χ0n) is 17.6. The van der Waals surface area contributed by atoms with E-state index < -0.39 is 41.8 Å². The van der Waals surface area contributed by atoms with E-state index in [1.807, 2.05) is 6.07 Å². The van der Waals surface area contributed by atoms with Crippen LogP contribution >= 0.6 is 0 Å². The van der Waals surface area contributed by atoms with Crippen molar-refractivity contribution < 1.29 is 22.4 Å². The van der Waals surface area contributed by atoms with Crippen molar-refractivity contribution in [2.24, 2.45) is 0 Å². The average molecular weight is 449 g/mol. The molecule has 2 atom stereocenters. The number of carbonyl (C=O) groups excluding carboxylic acids is 1. The first kappa shape index (κ1) is 23.6. The SMILES string of the molecule is CC(C)(F)C[C@H](N[C@@H](c1ccc(-c2cncnc2)cc1)C(F)(F)F)C(=O)NC1(C#N)CC1. The summed E-state index contributed by atoms with van der Waals surface area (Å²) in [6, 6.07) is 3.83. The molecule has 1 aliphatic carbocycles. The number of hydrogen-bond donors (Lipinski definition) is 2. The van der Waals surface area contributed by atoms with Gasteiger partial charge in [-0.3, -0.25) is 10.1 Å². The Morgan fingerprint density at radius 1 is 1.12 bits per heavy atom. The van der Waals surface area contributed by atoms with Gasteiger partial charge in [0.1, 0.15) is 23.6 Å². The number of aromatic nitrogens is 2. The summed E-state index contributed by atoms with van der Waals surface area (Å²) in [5.41, 5.74) is -1.86. The fourth-order valence-electron chi connectivity index (χ4n) is 3.32. The fourth-order valence-corrected chi connectivity index (χ4v) is 3.32. The van der Waals surface area contributed by atoms with Crippen molar-refractivity contribution in [3.63, 3.8) is 0 Å². The van der Waals surface area contributed by atoms with Crippen molar-refractivity contribution in [3.05, 3.63) is 48.5 Å². The van der Waals surface area contributed by atoms with Crippen molar-refractivity contribution >= 4 is 5.91 Å². The average Bonchev–Trinajstić information content (AvgIpc) is 3.50. The topological polar surface area (TPSA) is 90.7 Å². The van der Waals surface area contributed by atoms with Crippen LogP contribution in [0.15, 0.2) is 43.0 Å². The fraction of sp³-hybridized carbons (Fsp3) is 0.455. The molecule has 32 heavy (non-hydrogen) atoms. The van der Waals surface area contributed by atoms with Crippen LogP contribution in [0.4, 0.5) is 17.6 Å². The maximum atomic E-state index is 14.3. The molecule has 1 amide bonds. The molecule has 1 aromatic carbocycles. The Labute approximate surface area is 183 Å². The predicted molar refractivity (Wildman–Crippen MR) is 109 cm³/mol. The summed E-state index contributed by atoms with van der Waals surface area (Å²) < 4.78 is 56.2. The summed E-state index contributed by atoms with van der Waals surface area (Å²) in [6.45, 7) is 2.37. The Morgan fingerprint density at radius 2 is 1.72 bits per heavy atom. The standard InChI is InChI=1S/C22H23F4N5O/c1-20(2,23)9-17(19(32)31-21(12-27)7-8-21)30-18(22(24,25)26)15-5-3-14(4-6-15)16-10-28-13-29-11-16/h3-6,10-11,13,17-18,30H,7-9H2,1-2H3,(H,31,32)/t17-,18-/m0/s1. The first-order valence-corrected chi connectivity index (χ1v) is 10.0. The minimum absolute atomic E-state index is 0.131. The number of halogens is 4. The molecule has 1 aliphatic rings. The molecule has 170 valence electrons. The summed E-state index contributed by atoms with van der Waals surface area (Å²) in [7, 11) is 0. The number of rotatable bonds is 8. The highest BCUT2D eigenvalue weighted by atomic mass is 19.4. The van der Waals surface area contributed by atoms with E-state index in [4.69, 9.17) is 0 Å². The van der Waals surface area contributed by atoms with Gasteiger partial charge in [-0.05, 0) is 37.8 Å². The van der Waals surface area contributed by atoms with Crippen molar-refractivity contribution in [1.82, 2.24) is 20.6 Å². The molecule has 0 saturated heterocycles. The van der Waals surface area contributed by atoms with E-state index in [0.717, 1.165) is 0 Å². The lowest BCUT2D eigenvalue weighted by atomic mass is 9.96. The molecule has 0 bridgehead atoms. The van der Waals surface area contributed by atoms with Gasteiger partial charge in [0.15, 0.2) is 0 Å². The van der Waals surface area contributed by atoms with Crippen molar-refractivity contribution in [3.8, 4) is 17.2 Å². The van der Waals surface area contributed by atoms with Crippen molar-refractivity contribution in [2.75, 3.05) is 0 Å². The van der Waals surface area contributed by atoms with Gasteiger partial charge < -0.3 is 5.32 Å². The van der Waals surface area contributed by atoms with E-state index >= 15 is 0 Å². The van der Waals surface area contributed by atoms with E-state index in [2.05, 4.69) is 20.6 Å². The minimum atomic E-state index is -4.75. The van der Waals surface area contributed by atoms with Crippen LogP contribution in [0.25, 0.3) is 11.1 Å². The van der Waals surface area contributed by atoms with Gasteiger partial charge in [0.05, 0.1) is 12.1 Å². The van der Waals surface area contributed by atoms with Gasteiger partial charge in [-0.15, -0.1) is 0 Å². The molecule has 0 aliphatic heterocycles. The lowest BCUT2D eigenvalue weighted by molar-refractivity contribution is -0.161. The quantitative estimate of drug-likeness (QED) is 0.594. The molecule has 0 radical (unpaired) electrons. The van der Waals surface area contributed by atoms with Crippen LogP contribution in [0.3, 0.4) is 0 Å². The molecule has 1 heterocycles. The lowest BCUT2D eigenvalue weighted by Crippen LogP contribution is -2.53. The Hall–Kier alpha value is -3.06. The van der Waals surface area contributed by atoms with Gasteiger partial charge in [-0.1, -0.05) is 24.3 Å². The number of amides is 1. The number of nitrogens with one attached hydrogen (secondary N) is 2. The zero-order chi connectivity index (χ0) is 23.6. The smallest absolute Gasteiger partial charge is 0.336 e. The third kappa shape index (κ3) is 6.01. The summed E-state index contributed by atoms with van der Waals surface area (Å²) in [6.07, 6.45) is -0.00277. The lowest BCUT2D eigenvalue weighted by Gasteiger charge is -2.30. The molecule has 1 saturated carbocycles. The van der Waals surface area contributed by atoms with Crippen LogP contribution in [-0.4, -0.2) is 39.3 Å². The molecular formula is C22H23F4N5O. The van der Waals surface area contributed by atoms with E-state index in [-0.39, 0.29) is 5.56 Å². The van der Waals surface area contributed by atoms with E-state index in [9.17, 15) is 27.6 Å². The van der Waals surface area contributed by atoms with Gasteiger partial charge in [0.25, 0.3) is 0 Å². The largest absolute Gasteiger partial charge is 0.407 e. The number of nitrogens with zero attached hydrogens (tertiary/aromatic N) is 3. The first-order valence-electron chi connectivity index (χ1n) is 10.0. The second-order valence-electron chi connectivity index (χ2n) is 8.55. The van der Waals surface area contributed by atoms with E-state index in [0.29, 0.717) is 24.0 Å². The molecule has 1 fully saturated rings. The van der Waals surface area contributed by atoms with Crippen LogP contribution in [0.2, 0.25) is 0 Å². The molecule has 3 rings (SSSR count). The minimum Gasteiger partial charge on any atom is -0.336 e. The van der Waals surface area contributed by atoms with Crippen LogP contribution in [0.5, 0.6) is 0 Å². The first-order chi connectivity index (χ1) is 14.9. The van der Waals surface area contributed by atoms with E-state index in [1.165, 1.54) is 56.8 Å². The summed E-state index contributed by atoms with van der Waals surface area (Å²) in [5, 5.41) is 13.9. The van der Waals surface area contributed by atoms with Crippen molar-refractivity contribution in [1.29, 1.82) is 5.26 Å². The number of nitriles is 1. The number of alkyl halides is 4. The van der Waals surface area contributed by atoms with Crippen molar-refractivity contribution in [2.45, 2.75) is 62.6 Å². The third-order valence-electron chi connectivity index (χ3n) is 5.17. The Morgan fingerprint density at radius 3 is 2.19 bits per heavy atom. The molecule has 2 aromatic rings. The molecule has 10 heteroatoms. The highest BCUT2D eigenvalue weighted by molar-refractivity contribution is 5.83. The Bertz CT molecular complexity index is 977. The number of benzene rings is 1. The Balaban J connectivity index is 1.86. The zero-order valence-corrected chi connectivity index (χ0v) is 17.6. The molecule has 1 aromatic heterocycles. The predicted octanol–water partition coefficient (Wildman–Crippen LogP) is 4.02. The van der Waals surface area contributed by atoms with Gasteiger partial charge in [-0.2, -0.15) is 18.4 Å². The molecule has 0 unspecified atom stereocenters. The normalized spacial score (nSPS) is 17.2. The van der Waals surface area contributed by atoms with Gasteiger partial charge in [0.2, 0.25) is 5.91 Å². The summed E-state index contributed by atoms with van der Waals surface area (Å²) in [5.74, 6) is -0.831. The van der Waals surface area contributed by atoms with Gasteiger partial charge in [0, 0.05) is 24.4 Å². The number of carbonyl (C=O) groups is 1. The van der Waals surface area contributed by atoms with Gasteiger partial charge >= 0.3 is 6.18 Å². The van der Waals surface area contributed by atoms with Crippen LogP contribution < -0.4 is 10.6 Å². The van der Waals surface area contributed by atoms with Crippen LogP contribution in [0, 0.1) is 11.3 Å². The van der Waals surface area contributed by atoms with Gasteiger partial charge in [-0.25, -0.2) is 14.4 Å². The Kier molecular flexibility index (Phi) is 6.51. The van der Waals surface area contributed by atoms with Crippen LogP contribution in [0.1, 0.15) is 44.7 Å². The second kappa shape index (κ2) is 8.82. The molecule has 6 nitrogen and oxygen atoms in total. The summed E-state index contributed by atoms with van der Waals surface area (Å²) >= 11 is 0. The second-order valence-corrected chi connectivity index (χ2v) is 8.55. The maximum Gasteiger partial charge on any atom is 0.407 e. The molecule has 0 spiro atoms. The molecular weight excluding hydrogens is 426 g/mol.